The van der Waals surface area contributed by atoms with E-state index in [1.807, 2.05) is 26.8 Å². The molecule has 0 radical (unpaired) electrons. The van der Waals surface area contributed by atoms with Gasteiger partial charge in [0.2, 0.25) is 5.91 Å². The number of fused-ring (bicyclic) bond motifs is 1. The first-order valence-corrected chi connectivity index (χ1v) is 9.85. The number of carbonyl (C=O) groups excluding carboxylic acids is 1. The second-order valence-corrected chi connectivity index (χ2v) is 7.89. The van der Waals surface area contributed by atoms with Gasteiger partial charge in [0.15, 0.2) is 17.5 Å². The van der Waals surface area contributed by atoms with E-state index in [2.05, 4.69) is 28.5 Å². The molecule has 7 nitrogen and oxygen atoms in total. The Morgan fingerprint density at radius 3 is 2.31 bits per heavy atom. The van der Waals surface area contributed by atoms with Crippen molar-refractivity contribution in [2.24, 2.45) is 10.4 Å². The zero-order valence-electron chi connectivity index (χ0n) is 18.4. The van der Waals surface area contributed by atoms with Crippen molar-refractivity contribution in [2.75, 3.05) is 40.4 Å². The number of carbonyl (C=O) groups is 1. The molecule has 164 valence electrons. The van der Waals surface area contributed by atoms with Crippen molar-refractivity contribution < 1.29 is 14.3 Å². The molecule has 1 aromatic rings. The average Bonchev–Trinajstić information content (AvgIpc) is 2.67. The third-order valence-electron chi connectivity index (χ3n) is 4.69. The van der Waals surface area contributed by atoms with Gasteiger partial charge in [0.1, 0.15) is 0 Å². The number of guanidine groups is 1. The summed E-state index contributed by atoms with van der Waals surface area (Å²) in [6, 6.07) is 4.12. The fraction of sp³-hybridized carbons (Fsp3) is 0.619. The molecule has 1 heterocycles. The van der Waals surface area contributed by atoms with Crippen molar-refractivity contribution in [1.29, 1.82) is 0 Å². The lowest BCUT2D eigenvalue weighted by Gasteiger charge is -2.32. The molecule has 0 saturated heterocycles. The van der Waals surface area contributed by atoms with Gasteiger partial charge in [0, 0.05) is 31.6 Å². The fourth-order valence-corrected chi connectivity index (χ4v) is 3.09. The summed E-state index contributed by atoms with van der Waals surface area (Å²) in [6.07, 6.45) is 0.918. The molecule has 1 aliphatic rings. The summed E-state index contributed by atoms with van der Waals surface area (Å²) in [7, 11) is 3.32. The Kier molecular flexibility index (Phi) is 10.0. The largest absolute Gasteiger partial charge is 0.493 e. The Labute approximate surface area is 191 Å². The molecule has 1 amide bonds. The van der Waals surface area contributed by atoms with Crippen molar-refractivity contribution in [1.82, 2.24) is 15.5 Å². The van der Waals surface area contributed by atoms with E-state index in [9.17, 15) is 4.79 Å². The molecular formula is C21H35IN4O3. The van der Waals surface area contributed by atoms with Crippen LogP contribution in [0.15, 0.2) is 17.1 Å². The molecule has 1 aliphatic heterocycles. The minimum atomic E-state index is -0.384. The van der Waals surface area contributed by atoms with Gasteiger partial charge in [-0.2, -0.15) is 0 Å². The van der Waals surface area contributed by atoms with Crippen LogP contribution in [0, 0.1) is 5.41 Å². The van der Waals surface area contributed by atoms with Gasteiger partial charge in [-0.3, -0.25) is 9.79 Å². The number of hydrogen-bond donors (Lipinski definition) is 2. The van der Waals surface area contributed by atoms with Crippen LogP contribution in [0.25, 0.3) is 0 Å². The van der Waals surface area contributed by atoms with Gasteiger partial charge in [-0.05, 0) is 36.6 Å². The summed E-state index contributed by atoms with van der Waals surface area (Å²) in [5.41, 5.74) is 2.11. The Bertz CT molecular complexity index is 717. The topological polar surface area (TPSA) is 75.2 Å². The first-order chi connectivity index (χ1) is 13.3. The number of rotatable bonds is 6. The first kappa shape index (κ1) is 25.3. The molecule has 0 fully saturated rings. The molecule has 0 unspecified atom stereocenters. The van der Waals surface area contributed by atoms with Crippen LogP contribution in [-0.4, -0.2) is 57.2 Å². The van der Waals surface area contributed by atoms with Gasteiger partial charge >= 0.3 is 0 Å². The van der Waals surface area contributed by atoms with Gasteiger partial charge in [-0.25, -0.2) is 0 Å². The number of aliphatic imine (C=N–C) groups is 1. The van der Waals surface area contributed by atoms with E-state index >= 15 is 0 Å². The number of methoxy groups -OCH3 is 2. The zero-order valence-corrected chi connectivity index (χ0v) is 20.8. The molecule has 1 aromatic carbocycles. The van der Waals surface area contributed by atoms with Crippen molar-refractivity contribution in [2.45, 2.75) is 40.7 Å². The lowest BCUT2D eigenvalue weighted by molar-refractivity contribution is -0.128. The maximum Gasteiger partial charge on any atom is 0.225 e. The Morgan fingerprint density at radius 2 is 1.76 bits per heavy atom. The van der Waals surface area contributed by atoms with Crippen LogP contribution in [0.1, 0.15) is 38.8 Å². The standard InChI is InChI=1S/C21H34N4O3.HI/c1-7-22-20(24-10-9-23-19(26)21(2,3)4)25-11-8-15-12-17(27-5)18(28-6)13-16(15)14-25;/h12-13H,7-11,14H2,1-6H3,(H,22,24)(H,23,26);1H. The van der Waals surface area contributed by atoms with Crippen molar-refractivity contribution in [3.05, 3.63) is 23.3 Å². The third-order valence-corrected chi connectivity index (χ3v) is 4.69. The smallest absolute Gasteiger partial charge is 0.225 e. The number of nitrogens with one attached hydrogen (secondary N) is 2. The van der Waals surface area contributed by atoms with Crippen LogP contribution in [0.3, 0.4) is 0 Å². The number of halogens is 1. The predicted molar refractivity (Wildman–Crippen MR) is 128 cm³/mol. The molecule has 0 spiro atoms. The summed E-state index contributed by atoms with van der Waals surface area (Å²) in [5.74, 6) is 2.42. The molecule has 0 saturated carbocycles. The molecule has 0 aliphatic carbocycles. The average molecular weight is 518 g/mol. The van der Waals surface area contributed by atoms with Crippen LogP contribution in [0.2, 0.25) is 0 Å². The summed E-state index contributed by atoms with van der Waals surface area (Å²) in [5, 5.41) is 6.30. The molecular weight excluding hydrogens is 483 g/mol. The Hall–Kier alpha value is -1.71. The van der Waals surface area contributed by atoms with E-state index in [4.69, 9.17) is 14.5 Å². The molecule has 0 atom stereocenters. The lowest BCUT2D eigenvalue weighted by Crippen LogP contribution is -2.44. The second-order valence-electron chi connectivity index (χ2n) is 7.89. The van der Waals surface area contributed by atoms with Crippen molar-refractivity contribution >= 4 is 35.8 Å². The molecule has 0 bridgehead atoms. The highest BCUT2D eigenvalue weighted by molar-refractivity contribution is 14.0. The molecule has 8 heteroatoms. The maximum atomic E-state index is 12.0. The number of nitrogens with zero attached hydrogens (tertiary/aromatic N) is 2. The minimum Gasteiger partial charge on any atom is -0.493 e. The normalized spacial score (nSPS) is 13.9. The van der Waals surface area contributed by atoms with E-state index in [-0.39, 0.29) is 35.3 Å². The van der Waals surface area contributed by atoms with Crippen LogP contribution in [0.4, 0.5) is 0 Å². The predicted octanol–water partition coefficient (Wildman–Crippen LogP) is 2.81. The van der Waals surface area contributed by atoms with E-state index in [1.165, 1.54) is 11.1 Å². The molecule has 2 N–H and O–H groups in total. The SMILES string of the molecule is CCNC(=NCCNC(=O)C(C)(C)C)N1CCc2cc(OC)c(OC)cc2C1.I. The Balaban J connectivity index is 0.00000420. The zero-order chi connectivity index (χ0) is 20.7. The van der Waals surface area contributed by atoms with Crippen LogP contribution in [0.5, 0.6) is 11.5 Å². The summed E-state index contributed by atoms with van der Waals surface area (Å²) in [4.78, 5) is 18.9. The van der Waals surface area contributed by atoms with Gasteiger partial charge in [-0.1, -0.05) is 20.8 Å². The summed E-state index contributed by atoms with van der Waals surface area (Å²) >= 11 is 0. The third kappa shape index (κ3) is 6.94. The number of benzene rings is 1. The highest BCUT2D eigenvalue weighted by Gasteiger charge is 2.22. The first-order valence-electron chi connectivity index (χ1n) is 9.85. The highest BCUT2D eigenvalue weighted by Crippen LogP contribution is 2.33. The summed E-state index contributed by atoms with van der Waals surface area (Å²) < 4.78 is 10.9. The van der Waals surface area contributed by atoms with E-state index in [1.54, 1.807) is 14.2 Å². The lowest BCUT2D eigenvalue weighted by atomic mass is 9.96. The quantitative estimate of drug-likeness (QED) is 0.262. The van der Waals surface area contributed by atoms with E-state index < -0.39 is 0 Å². The van der Waals surface area contributed by atoms with Gasteiger partial charge < -0.3 is 25.0 Å². The summed E-state index contributed by atoms with van der Waals surface area (Å²) in [6.45, 7) is 11.3. The van der Waals surface area contributed by atoms with Crippen LogP contribution in [-0.2, 0) is 17.8 Å². The van der Waals surface area contributed by atoms with Crippen LogP contribution < -0.4 is 20.1 Å². The molecule has 2 rings (SSSR count). The minimum absolute atomic E-state index is 0. The second kappa shape index (κ2) is 11.5. The highest BCUT2D eigenvalue weighted by atomic mass is 127. The fourth-order valence-electron chi connectivity index (χ4n) is 3.09. The number of ether oxygens (including phenoxy) is 2. The molecule has 0 aromatic heterocycles. The van der Waals surface area contributed by atoms with Crippen molar-refractivity contribution in [3.63, 3.8) is 0 Å². The van der Waals surface area contributed by atoms with Crippen molar-refractivity contribution in [3.8, 4) is 11.5 Å². The monoisotopic (exact) mass is 518 g/mol. The number of amides is 1. The van der Waals surface area contributed by atoms with Gasteiger partial charge in [0.25, 0.3) is 0 Å². The number of hydrogen-bond acceptors (Lipinski definition) is 4. The maximum absolute atomic E-state index is 12.0. The van der Waals surface area contributed by atoms with Gasteiger partial charge in [0.05, 0.1) is 20.8 Å². The van der Waals surface area contributed by atoms with Gasteiger partial charge in [-0.15, -0.1) is 24.0 Å². The Morgan fingerprint density at radius 1 is 1.14 bits per heavy atom. The van der Waals surface area contributed by atoms with Crippen LogP contribution >= 0.6 is 24.0 Å². The van der Waals surface area contributed by atoms with E-state index in [0.29, 0.717) is 13.1 Å². The van der Waals surface area contributed by atoms with E-state index in [0.717, 1.165) is 43.5 Å². The molecule has 29 heavy (non-hydrogen) atoms.